The van der Waals surface area contributed by atoms with Crippen molar-refractivity contribution < 1.29 is 45.4 Å². The predicted molar refractivity (Wildman–Crippen MR) is 187 cm³/mol. The van der Waals surface area contributed by atoms with Crippen molar-refractivity contribution in [2.75, 3.05) is 75.5 Å². The number of alkyl halides is 6. The zero-order chi connectivity index (χ0) is 38.1. The fourth-order valence-corrected chi connectivity index (χ4v) is 9.28. The summed E-state index contributed by atoms with van der Waals surface area (Å²) in [4.78, 5) is 42.5. The second-order valence-corrected chi connectivity index (χ2v) is 15.6. The molecule has 16 heteroatoms. The molecule has 2 aromatic heterocycles. The fourth-order valence-electron chi connectivity index (χ4n) is 9.28. The fraction of sp³-hybridized carbons (Fsp3) is 0.684. The number of carbonyl (C=O) groups is 2. The van der Waals surface area contributed by atoms with E-state index in [0.29, 0.717) is 64.2 Å². The van der Waals surface area contributed by atoms with Gasteiger partial charge in [-0.15, -0.1) is 0 Å². The molecule has 0 N–H and O–H groups in total. The first-order valence-electron chi connectivity index (χ1n) is 19.1. The monoisotopic (exact) mass is 766 g/mol. The number of amides is 2. The summed E-state index contributed by atoms with van der Waals surface area (Å²) in [7, 11) is 0. The number of hydrogen-bond acceptors (Lipinski definition) is 8. The summed E-state index contributed by atoms with van der Waals surface area (Å²) in [5, 5.41) is 0. The van der Waals surface area contributed by atoms with Crippen LogP contribution >= 0.6 is 0 Å². The van der Waals surface area contributed by atoms with Crippen molar-refractivity contribution in [3.8, 4) is 0 Å². The highest BCUT2D eigenvalue weighted by Gasteiger charge is 2.52. The van der Waals surface area contributed by atoms with Crippen molar-refractivity contribution in [2.24, 2.45) is 10.8 Å². The number of nitrogens with zero attached hydrogens (tertiary/aromatic N) is 6. The van der Waals surface area contributed by atoms with Crippen LogP contribution in [0, 0.1) is 10.8 Å². The molecule has 0 aromatic carbocycles. The Morgan fingerprint density at radius 3 is 1.30 bits per heavy atom. The highest BCUT2D eigenvalue weighted by atomic mass is 19.4. The lowest BCUT2D eigenvalue weighted by Gasteiger charge is -2.40. The number of ether oxygens (including phenoxy) is 2. The van der Waals surface area contributed by atoms with E-state index in [-0.39, 0.29) is 23.9 Å². The summed E-state index contributed by atoms with van der Waals surface area (Å²) in [5.41, 5.74) is -2.36. The molecule has 54 heavy (non-hydrogen) atoms. The van der Waals surface area contributed by atoms with E-state index in [4.69, 9.17) is 9.47 Å². The Hall–Kier alpha value is -3.66. The van der Waals surface area contributed by atoms with Crippen LogP contribution in [-0.4, -0.2) is 109 Å². The van der Waals surface area contributed by atoms with Gasteiger partial charge in [-0.05, 0) is 88.5 Å². The molecular weight excluding hydrogens is 718 g/mol. The van der Waals surface area contributed by atoms with E-state index in [1.807, 2.05) is 19.6 Å². The van der Waals surface area contributed by atoms with Crippen LogP contribution in [0.1, 0.15) is 75.3 Å². The minimum Gasteiger partial charge on any atom is -0.381 e. The summed E-state index contributed by atoms with van der Waals surface area (Å²) in [5.74, 6) is 1.43. The maximum atomic E-state index is 13.2. The number of rotatable bonds is 4. The third kappa shape index (κ3) is 8.00. The van der Waals surface area contributed by atoms with Crippen molar-refractivity contribution in [1.29, 1.82) is 0 Å². The van der Waals surface area contributed by atoms with Gasteiger partial charge in [0.25, 0.3) is 0 Å². The van der Waals surface area contributed by atoms with E-state index < -0.39 is 34.3 Å². The lowest BCUT2D eigenvalue weighted by atomic mass is 9.78. The third-order valence-corrected chi connectivity index (χ3v) is 12.3. The number of carbonyl (C=O) groups excluding carboxylic acids is 2. The van der Waals surface area contributed by atoms with Gasteiger partial charge in [0.15, 0.2) is 0 Å². The molecule has 0 bridgehead atoms. The van der Waals surface area contributed by atoms with Gasteiger partial charge in [0.05, 0.1) is 22.0 Å². The number of aromatic nitrogens is 2. The summed E-state index contributed by atoms with van der Waals surface area (Å²) in [6.07, 6.45) is 1.47. The van der Waals surface area contributed by atoms with Gasteiger partial charge in [0, 0.05) is 90.2 Å². The molecule has 8 heterocycles. The summed E-state index contributed by atoms with van der Waals surface area (Å²) >= 11 is 0. The minimum absolute atomic E-state index is 0.200. The summed E-state index contributed by atoms with van der Waals surface area (Å²) in [6.45, 7) is 6.80. The van der Waals surface area contributed by atoms with Crippen molar-refractivity contribution in [3.63, 3.8) is 0 Å². The lowest BCUT2D eigenvalue weighted by Crippen LogP contribution is -2.50. The molecule has 2 spiro atoms. The topological polar surface area (TPSA) is 91.3 Å². The zero-order valence-corrected chi connectivity index (χ0v) is 30.3. The Bertz CT molecular complexity index is 1500. The van der Waals surface area contributed by atoms with Gasteiger partial charge in [0.2, 0.25) is 11.8 Å². The largest absolute Gasteiger partial charge is 0.417 e. The minimum atomic E-state index is -4.39. The lowest BCUT2D eigenvalue weighted by molar-refractivity contribution is -0.140. The average molecular weight is 767 g/mol. The smallest absolute Gasteiger partial charge is 0.381 e. The molecule has 0 unspecified atom stereocenters. The van der Waals surface area contributed by atoms with Gasteiger partial charge >= 0.3 is 12.4 Å². The SMILES string of the molecule is O=C1N(C2CCOCC2)CC[C@@]12CCCN(c1ccc(C(F)(F)F)cn1)C2.O=C1N(C2CCOCC2)CC[C@]12CCCN(c1ccc(C(F)(F)F)cn1)C2. The number of halogens is 6. The Morgan fingerprint density at radius 1 is 0.574 bits per heavy atom. The van der Waals surface area contributed by atoms with Crippen molar-refractivity contribution in [1.82, 2.24) is 19.8 Å². The molecular formula is C38H48F6N6O4. The molecule has 0 radical (unpaired) electrons. The predicted octanol–water partition coefficient (Wildman–Crippen LogP) is 6.20. The first-order chi connectivity index (χ1) is 25.8. The van der Waals surface area contributed by atoms with Gasteiger partial charge < -0.3 is 29.1 Å². The first-order valence-corrected chi connectivity index (χ1v) is 19.1. The zero-order valence-electron chi connectivity index (χ0n) is 30.3. The van der Waals surface area contributed by atoms with Crippen LogP contribution in [0.5, 0.6) is 0 Å². The number of pyridine rings is 2. The molecule has 8 rings (SSSR count). The molecule has 0 aliphatic carbocycles. The van der Waals surface area contributed by atoms with Crippen LogP contribution in [0.25, 0.3) is 0 Å². The van der Waals surface area contributed by atoms with Gasteiger partial charge in [-0.2, -0.15) is 26.3 Å². The highest BCUT2D eigenvalue weighted by Crippen LogP contribution is 2.44. The number of hydrogen-bond donors (Lipinski definition) is 0. The van der Waals surface area contributed by atoms with E-state index in [9.17, 15) is 35.9 Å². The molecule has 6 aliphatic rings. The van der Waals surface area contributed by atoms with Gasteiger partial charge in [-0.3, -0.25) is 9.59 Å². The number of likely N-dealkylation sites (tertiary alicyclic amines) is 2. The van der Waals surface area contributed by atoms with Gasteiger partial charge in [-0.25, -0.2) is 9.97 Å². The molecule has 6 saturated heterocycles. The van der Waals surface area contributed by atoms with Crippen LogP contribution in [0.2, 0.25) is 0 Å². The molecule has 2 aromatic rings. The maximum absolute atomic E-state index is 13.2. The Kier molecular flexibility index (Phi) is 11.1. The number of anilines is 2. The Labute approximate surface area is 311 Å². The molecule has 2 atom stereocenters. The second kappa shape index (κ2) is 15.5. The highest BCUT2D eigenvalue weighted by molar-refractivity contribution is 5.87. The van der Waals surface area contributed by atoms with E-state index in [1.54, 1.807) is 0 Å². The van der Waals surface area contributed by atoms with E-state index in [1.165, 1.54) is 12.1 Å². The molecule has 6 aliphatic heterocycles. The normalized spacial score (nSPS) is 27.6. The van der Waals surface area contributed by atoms with Crippen LogP contribution in [0.4, 0.5) is 38.0 Å². The molecule has 2 amide bonds. The van der Waals surface area contributed by atoms with Crippen molar-refractivity contribution in [3.05, 3.63) is 47.8 Å². The molecule has 0 saturated carbocycles. The van der Waals surface area contributed by atoms with Gasteiger partial charge in [0.1, 0.15) is 11.6 Å². The number of piperidine rings is 2. The molecule has 296 valence electrons. The van der Waals surface area contributed by atoms with Gasteiger partial charge in [-0.1, -0.05) is 0 Å². The van der Waals surface area contributed by atoms with Crippen molar-refractivity contribution in [2.45, 2.75) is 88.6 Å². The summed E-state index contributed by atoms with van der Waals surface area (Å²) < 4.78 is 87.4. The van der Waals surface area contributed by atoms with E-state index in [0.717, 1.165) is 102 Å². The van der Waals surface area contributed by atoms with Crippen LogP contribution in [-0.2, 0) is 31.4 Å². The van der Waals surface area contributed by atoms with Crippen LogP contribution < -0.4 is 9.80 Å². The van der Waals surface area contributed by atoms with E-state index >= 15 is 0 Å². The molecule has 6 fully saturated rings. The summed E-state index contributed by atoms with van der Waals surface area (Å²) in [6, 6.07) is 5.47. The third-order valence-electron chi connectivity index (χ3n) is 12.3. The van der Waals surface area contributed by atoms with Crippen LogP contribution in [0.15, 0.2) is 36.7 Å². The van der Waals surface area contributed by atoms with Crippen LogP contribution in [0.3, 0.4) is 0 Å². The Morgan fingerprint density at radius 2 is 0.963 bits per heavy atom. The quantitative estimate of drug-likeness (QED) is 0.341. The van der Waals surface area contributed by atoms with Crippen molar-refractivity contribution >= 4 is 23.5 Å². The Balaban J connectivity index is 0.000000167. The first kappa shape index (κ1) is 38.6. The second-order valence-electron chi connectivity index (χ2n) is 15.6. The maximum Gasteiger partial charge on any atom is 0.417 e. The average Bonchev–Trinajstić information content (AvgIpc) is 3.66. The van der Waals surface area contributed by atoms with E-state index in [2.05, 4.69) is 9.97 Å². The molecule has 10 nitrogen and oxygen atoms in total. The standard InChI is InChI=1S/2C19H24F3N3O2/c2*20-19(21,22)14-2-3-16(23-12-14)24-8-1-6-18(13-24)7-9-25(17(18)26)15-4-10-27-11-5-15/h2*2-3,12,15H,1,4-11,13H2/t2*18-/m10/s1.